The van der Waals surface area contributed by atoms with E-state index in [0.717, 1.165) is 5.69 Å². The Labute approximate surface area is 117 Å². The average Bonchev–Trinajstić information content (AvgIpc) is 2.76. The van der Waals surface area contributed by atoms with Crippen molar-refractivity contribution in [3.05, 3.63) is 24.3 Å². The molecule has 1 aliphatic rings. The van der Waals surface area contributed by atoms with Gasteiger partial charge >= 0.3 is 0 Å². The van der Waals surface area contributed by atoms with E-state index < -0.39 is 5.92 Å². The Hall–Kier alpha value is -1.85. The van der Waals surface area contributed by atoms with Crippen molar-refractivity contribution in [1.29, 1.82) is 0 Å². The number of methoxy groups -OCH3 is 1. The van der Waals surface area contributed by atoms with Crippen molar-refractivity contribution in [3.8, 4) is 5.75 Å². The van der Waals surface area contributed by atoms with Gasteiger partial charge in [-0.2, -0.15) is 0 Å². The molecular weight excluding hydrogens is 264 g/mol. The monoisotopic (exact) mass is 283 g/mol. The Kier molecular flexibility index (Phi) is 4.42. The molecule has 0 bridgehead atoms. The van der Waals surface area contributed by atoms with Crippen molar-refractivity contribution in [2.24, 2.45) is 16.6 Å². The average molecular weight is 283 g/mol. The Morgan fingerprint density at radius 3 is 3.00 bits per heavy atom. The first-order valence-corrected chi connectivity index (χ1v) is 6.57. The third kappa shape index (κ3) is 4.08. The number of hydrogen-bond donors (Lipinski definition) is 2. The number of alkyl halides is 2. The summed E-state index contributed by atoms with van der Waals surface area (Å²) in [5.74, 6) is -1.68. The highest BCUT2D eigenvalue weighted by Crippen LogP contribution is 2.38. The zero-order valence-electron chi connectivity index (χ0n) is 11.4. The SMILES string of the molecule is COc1cccc(NC(N)=NCC2CCC(F)(F)C2)c1. The minimum absolute atomic E-state index is 0.0452. The summed E-state index contributed by atoms with van der Waals surface area (Å²) in [4.78, 5) is 4.13. The number of nitrogens with two attached hydrogens (primary N) is 1. The number of benzene rings is 1. The number of anilines is 1. The molecule has 2 rings (SSSR count). The number of hydrogen-bond acceptors (Lipinski definition) is 2. The zero-order chi connectivity index (χ0) is 14.6. The standard InChI is InChI=1S/C14H19F2N3O/c1-20-12-4-2-3-11(7-12)19-13(17)18-9-10-5-6-14(15,16)8-10/h2-4,7,10H,5-6,8-9H2,1H3,(H3,17,18,19). The highest BCUT2D eigenvalue weighted by molar-refractivity contribution is 5.92. The third-order valence-electron chi connectivity index (χ3n) is 3.37. The molecule has 1 aromatic rings. The largest absolute Gasteiger partial charge is 0.497 e. The summed E-state index contributed by atoms with van der Waals surface area (Å²) >= 11 is 0. The van der Waals surface area contributed by atoms with Gasteiger partial charge in [-0.15, -0.1) is 0 Å². The lowest BCUT2D eigenvalue weighted by Crippen LogP contribution is -2.23. The van der Waals surface area contributed by atoms with Crippen molar-refractivity contribution < 1.29 is 13.5 Å². The summed E-state index contributed by atoms with van der Waals surface area (Å²) in [6.07, 6.45) is 0.363. The normalized spacial score (nSPS) is 21.8. The van der Waals surface area contributed by atoms with Crippen molar-refractivity contribution in [2.45, 2.75) is 25.2 Å². The second-order valence-corrected chi connectivity index (χ2v) is 5.05. The topological polar surface area (TPSA) is 59.6 Å². The second kappa shape index (κ2) is 6.07. The molecule has 110 valence electrons. The first-order chi connectivity index (χ1) is 9.48. The van der Waals surface area contributed by atoms with Crippen molar-refractivity contribution in [1.82, 2.24) is 0 Å². The highest BCUT2D eigenvalue weighted by atomic mass is 19.3. The first-order valence-electron chi connectivity index (χ1n) is 6.57. The lowest BCUT2D eigenvalue weighted by molar-refractivity contribution is 0.00542. The van der Waals surface area contributed by atoms with E-state index >= 15 is 0 Å². The van der Waals surface area contributed by atoms with E-state index in [-0.39, 0.29) is 24.7 Å². The molecule has 1 saturated carbocycles. The maximum absolute atomic E-state index is 13.0. The van der Waals surface area contributed by atoms with E-state index in [9.17, 15) is 8.78 Å². The lowest BCUT2D eigenvalue weighted by Gasteiger charge is -2.10. The van der Waals surface area contributed by atoms with E-state index in [1.807, 2.05) is 18.2 Å². The van der Waals surface area contributed by atoms with Gasteiger partial charge in [0.15, 0.2) is 5.96 Å². The number of nitrogens with zero attached hydrogens (tertiary/aromatic N) is 1. The van der Waals surface area contributed by atoms with E-state index in [2.05, 4.69) is 10.3 Å². The van der Waals surface area contributed by atoms with Crippen LogP contribution in [0.4, 0.5) is 14.5 Å². The molecule has 1 aliphatic carbocycles. The fraction of sp³-hybridized carbons (Fsp3) is 0.500. The molecule has 0 aliphatic heterocycles. The Morgan fingerprint density at radius 1 is 1.55 bits per heavy atom. The van der Waals surface area contributed by atoms with Gasteiger partial charge in [-0.05, 0) is 24.5 Å². The number of ether oxygens (including phenoxy) is 1. The molecule has 6 heteroatoms. The lowest BCUT2D eigenvalue weighted by atomic mass is 10.1. The van der Waals surface area contributed by atoms with Gasteiger partial charge in [0.1, 0.15) is 5.75 Å². The fourth-order valence-electron chi connectivity index (χ4n) is 2.31. The molecule has 20 heavy (non-hydrogen) atoms. The van der Waals surface area contributed by atoms with Gasteiger partial charge in [0, 0.05) is 31.1 Å². The van der Waals surface area contributed by atoms with E-state index in [4.69, 9.17) is 10.5 Å². The van der Waals surface area contributed by atoms with Crippen LogP contribution in [0.5, 0.6) is 5.75 Å². The Balaban J connectivity index is 1.88. The summed E-state index contributed by atoms with van der Waals surface area (Å²) in [7, 11) is 1.58. The van der Waals surface area contributed by atoms with Crippen molar-refractivity contribution in [2.75, 3.05) is 19.0 Å². The van der Waals surface area contributed by atoms with Crippen LogP contribution in [0.3, 0.4) is 0 Å². The number of halogens is 2. The summed E-state index contributed by atoms with van der Waals surface area (Å²) in [5, 5.41) is 2.92. The van der Waals surface area contributed by atoms with Gasteiger partial charge < -0.3 is 15.8 Å². The van der Waals surface area contributed by atoms with Gasteiger partial charge in [-0.25, -0.2) is 8.78 Å². The van der Waals surface area contributed by atoms with Crippen LogP contribution in [-0.4, -0.2) is 25.5 Å². The van der Waals surface area contributed by atoms with Gasteiger partial charge in [-0.1, -0.05) is 6.07 Å². The van der Waals surface area contributed by atoms with Crippen LogP contribution < -0.4 is 15.8 Å². The molecular formula is C14H19F2N3O. The molecule has 4 nitrogen and oxygen atoms in total. The predicted molar refractivity (Wildman–Crippen MR) is 75.4 cm³/mol. The smallest absolute Gasteiger partial charge is 0.248 e. The summed E-state index contributed by atoms with van der Waals surface area (Å²) in [5.41, 5.74) is 6.51. The van der Waals surface area contributed by atoms with Crippen molar-refractivity contribution in [3.63, 3.8) is 0 Å². The Morgan fingerprint density at radius 2 is 2.35 bits per heavy atom. The summed E-state index contributed by atoms with van der Waals surface area (Å²) in [6.45, 7) is 0.332. The molecule has 3 N–H and O–H groups in total. The fourth-order valence-corrected chi connectivity index (χ4v) is 2.31. The van der Waals surface area contributed by atoms with Crippen LogP contribution >= 0.6 is 0 Å². The molecule has 0 radical (unpaired) electrons. The van der Waals surface area contributed by atoms with Crippen LogP contribution in [0.25, 0.3) is 0 Å². The molecule has 0 amide bonds. The minimum Gasteiger partial charge on any atom is -0.497 e. The van der Waals surface area contributed by atoms with Crippen LogP contribution in [-0.2, 0) is 0 Å². The van der Waals surface area contributed by atoms with Gasteiger partial charge in [0.25, 0.3) is 0 Å². The van der Waals surface area contributed by atoms with Crippen LogP contribution in [0.2, 0.25) is 0 Å². The van der Waals surface area contributed by atoms with E-state index in [0.29, 0.717) is 18.7 Å². The second-order valence-electron chi connectivity index (χ2n) is 5.05. The molecule has 0 spiro atoms. The van der Waals surface area contributed by atoms with Gasteiger partial charge in [0.05, 0.1) is 7.11 Å². The number of aliphatic imine (C=N–C) groups is 1. The van der Waals surface area contributed by atoms with E-state index in [1.54, 1.807) is 13.2 Å². The molecule has 0 heterocycles. The highest BCUT2D eigenvalue weighted by Gasteiger charge is 2.39. The molecule has 1 aromatic carbocycles. The molecule has 0 saturated heterocycles. The molecule has 1 unspecified atom stereocenters. The number of guanidine groups is 1. The Bertz CT molecular complexity index is 491. The number of nitrogens with one attached hydrogen (secondary N) is 1. The summed E-state index contributed by atoms with van der Waals surface area (Å²) in [6, 6.07) is 7.26. The molecule has 1 atom stereocenters. The maximum Gasteiger partial charge on any atom is 0.248 e. The van der Waals surface area contributed by atoms with Gasteiger partial charge in [0.2, 0.25) is 5.92 Å². The minimum atomic E-state index is -2.53. The maximum atomic E-state index is 13.0. The van der Waals surface area contributed by atoms with Crippen LogP contribution in [0, 0.1) is 5.92 Å². The quantitative estimate of drug-likeness (QED) is 0.660. The summed E-state index contributed by atoms with van der Waals surface area (Å²) < 4.78 is 31.2. The van der Waals surface area contributed by atoms with Crippen LogP contribution in [0.15, 0.2) is 29.3 Å². The predicted octanol–water partition coefficient (Wildman–Crippen LogP) is 2.86. The third-order valence-corrected chi connectivity index (χ3v) is 3.37. The van der Waals surface area contributed by atoms with Crippen molar-refractivity contribution >= 4 is 11.6 Å². The zero-order valence-corrected chi connectivity index (χ0v) is 11.4. The van der Waals surface area contributed by atoms with E-state index in [1.165, 1.54) is 0 Å². The molecule has 0 aromatic heterocycles. The van der Waals surface area contributed by atoms with Gasteiger partial charge in [-0.3, -0.25) is 4.99 Å². The number of rotatable bonds is 4. The molecule has 1 fully saturated rings. The first kappa shape index (κ1) is 14.6. The van der Waals surface area contributed by atoms with Crippen LogP contribution in [0.1, 0.15) is 19.3 Å².